The van der Waals surface area contributed by atoms with Crippen molar-refractivity contribution in [2.45, 2.75) is 68.5 Å². The van der Waals surface area contributed by atoms with E-state index in [0.29, 0.717) is 85.8 Å². The van der Waals surface area contributed by atoms with Gasteiger partial charge in [-0.1, -0.05) is 68.1 Å². The van der Waals surface area contributed by atoms with Crippen molar-refractivity contribution < 1.29 is 66.7 Å². The van der Waals surface area contributed by atoms with Gasteiger partial charge in [-0.15, -0.1) is 0 Å². The van der Waals surface area contributed by atoms with Crippen molar-refractivity contribution in [2.24, 2.45) is 5.10 Å². The van der Waals surface area contributed by atoms with Crippen LogP contribution in [0.2, 0.25) is 0 Å². The molecule has 1 N–H and O–H groups in total. The second-order valence-corrected chi connectivity index (χ2v) is 17.1. The molecule has 0 fully saturated rings. The highest BCUT2D eigenvalue weighted by Crippen LogP contribution is 2.30. The molecule has 0 bridgehead atoms. The molecule has 0 aliphatic carbocycles. The van der Waals surface area contributed by atoms with Crippen molar-refractivity contribution in [2.75, 3.05) is 33.0 Å². The van der Waals surface area contributed by atoms with Crippen LogP contribution < -0.4 is 19.6 Å². The second kappa shape index (κ2) is 31.1. The largest absolute Gasteiger partial charge is 0.494 e. The SMILES string of the molecule is C=CC(=O)OCC(CCCCOc1ccc(C(=O)OCCc2ccc(OC(=O)c3ccc(OCCCCC(COC(=O)C=C)OC(=O)C=C)cc3)c(/C=N/NC3=C=CCc4ccccc4S3)c2)cc1)OC(=O)C=C. The van der Waals surface area contributed by atoms with Gasteiger partial charge in [-0.25, -0.2) is 28.8 Å². The minimum Gasteiger partial charge on any atom is -0.494 e. The van der Waals surface area contributed by atoms with Crippen molar-refractivity contribution >= 4 is 53.8 Å². The molecule has 2 atom stereocenters. The summed E-state index contributed by atoms with van der Waals surface area (Å²) in [5.74, 6) is -2.27. The van der Waals surface area contributed by atoms with E-state index >= 15 is 0 Å². The zero-order chi connectivity index (χ0) is 52.9. The van der Waals surface area contributed by atoms with Crippen molar-refractivity contribution in [1.29, 1.82) is 0 Å². The number of nitrogens with one attached hydrogen (secondary N) is 1. The van der Waals surface area contributed by atoms with Gasteiger partial charge in [-0.05, 0) is 129 Å². The predicted octanol–water partition coefficient (Wildman–Crippen LogP) is 9.33. The van der Waals surface area contributed by atoms with Crippen LogP contribution in [0.25, 0.3) is 0 Å². The lowest BCUT2D eigenvalue weighted by atomic mass is 10.1. The molecule has 386 valence electrons. The van der Waals surface area contributed by atoms with Gasteiger partial charge in [0, 0.05) is 41.2 Å². The van der Waals surface area contributed by atoms with Crippen LogP contribution >= 0.6 is 11.8 Å². The molecule has 0 saturated carbocycles. The smallest absolute Gasteiger partial charge is 0.343 e. The molecule has 4 aromatic carbocycles. The van der Waals surface area contributed by atoms with Gasteiger partial charge in [0.1, 0.15) is 47.7 Å². The van der Waals surface area contributed by atoms with Gasteiger partial charge in [0.15, 0.2) is 0 Å². The Kier molecular flexibility index (Phi) is 23.8. The maximum atomic E-state index is 13.5. The van der Waals surface area contributed by atoms with Crippen LogP contribution in [-0.2, 0) is 55.7 Å². The zero-order valence-electron chi connectivity index (χ0n) is 40.9. The normalized spacial score (nSPS) is 12.2. The van der Waals surface area contributed by atoms with E-state index in [1.165, 1.54) is 17.3 Å². The average molecular weight is 1030 g/mol. The first-order chi connectivity index (χ1) is 36.0. The number of carbonyl (C=O) groups excluding carboxylic acids is 6. The number of unbranched alkanes of at least 4 members (excludes halogenated alkanes) is 2. The Labute approximate surface area is 434 Å². The fourth-order valence-electron chi connectivity index (χ4n) is 6.78. The van der Waals surface area contributed by atoms with Gasteiger partial charge < -0.3 is 37.9 Å². The van der Waals surface area contributed by atoms with E-state index in [1.807, 2.05) is 24.3 Å². The molecule has 1 aliphatic rings. The first kappa shape index (κ1) is 56.5. The molecule has 2 unspecified atom stereocenters. The molecule has 0 amide bonds. The summed E-state index contributed by atoms with van der Waals surface area (Å²) in [6.45, 7) is 14.1. The van der Waals surface area contributed by atoms with Crippen LogP contribution in [0.4, 0.5) is 0 Å². The maximum Gasteiger partial charge on any atom is 0.343 e. The molecule has 5 rings (SSSR count). The van der Waals surface area contributed by atoms with E-state index in [4.69, 9.17) is 37.9 Å². The molecule has 1 heterocycles. The first-order valence-electron chi connectivity index (χ1n) is 23.7. The minimum absolute atomic E-state index is 0.0575. The lowest BCUT2D eigenvalue weighted by molar-refractivity contribution is -0.153. The first-order valence-corrected chi connectivity index (χ1v) is 24.5. The number of hydrogen-bond donors (Lipinski definition) is 1. The van der Waals surface area contributed by atoms with Gasteiger partial charge in [0.05, 0.1) is 37.2 Å². The Balaban J connectivity index is 1.14. The van der Waals surface area contributed by atoms with Crippen LogP contribution in [-0.4, -0.2) is 87.3 Å². The van der Waals surface area contributed by atoms with E-state index in [1.54, 1.807) is 72.9 Å². The number of esters is 6. The summed E-state index contributed by atoms with van der Waals surface area (Å²) in [7, 11) is 0. The van der Waals surface area contributed by atoms with E-state index in [-0.39, 0.29) is 31.1 Å². The Morgan fingerprint density at radius 3 is 1.76 bits per heavy atom. The predicted molar refractivity (Wildman–Crippen MR) is 278 cm³/mol. The molecule has 4 aromatic rings. The summed E-state index contributed by atoms with van der Waals surface area (Å²) >= 11 is 1.50. The van der Waals surface area contributed by atoms with Crippen LogP contribution in [0, 0.1) is 0 Å². The van der Waals surface area contributed by atoms with Crippen molar-refractivity contribution in [1.82, 2.24) is 5.43 Å². The van der Waals surface area contributed by atoms with Crippen LogP contribution in [0.1, 0.15) is 75.9 Å². The molecule has 1 aliphatic heterocycles. The summed E-state index contributed by atoms with van der Waals surface area (Å²) in [6, 6.07) is 26.4. The monoisotopic (exact) mass is 1030 g/mol. The van der Waals surface area contributed by atoms with Crippen LogP contribution in [0.5, 0.6) is 17.2 Å². The number of benzene rings is 4. The van der Waals surface area contributed by atoms with Gasteiger partial charge in [-0.3, -0.25) is 5.43 Å². The number of nitrogens with zero attached hydrogens (tertiary/aromatic N) is 1. The number of ether oxygens (including phenoxy) is 8. The van der Waals surface area contributed by atoms with Gasteiger partial charge in [-0.2, -0.15) is 5.10 Å². The molecule has 16 nitrogen and oxygen atoms in total. The van der Waals surface area contributed by atoms with Gasteiger partial charge in [0.25, 0.3) is 0 Å². The van der Waals surface area contributed by atoms with Gasteiger partial charge in [0.2, 0.25) is 0 Å². The van der Waals surface area contributed by atoms with E-state index in [2.05, 4.69) is 48.6 Å². The molecule has 74 heavy (non-hydrogen) atoms. The van der Waals surface area contributed by atoms with Gasteiger partial charge >= 0.3 is 35.8 Å². The van der Waals surface area contributed by atoms with E-state index in [9.17, 15) is 28.8 Å². The molecular formula is C57H58N2O14S. The molecule has 0 aromatic heterocycles. The summed E-state index contributed by atoms with van der Waals surface area (Å²) < 4.78 is 43.8. The summed E-state index contributed by atoms with van der Waals surface area (Å²) in [5.41, 5.74) is 9.35. The Morgan fingerprint density at radius 2 is 1.19 bits per heavy atom. The lowest BCUT2D eigenvalue weighted by Crippen LogP contribution is -2.24. The summed E-state index contributed by atoms with van der Waals surface area (Å²) in [5, 5.41) is 5.15. The van der Waals surface area contributed by atoms with Crippen LogP contribution in [0.15, 0.2) is 168 Å². The fourth-order valence-corrected chi connectivity index (χ4v) is 7.67. The third kappa shape index (κ3) is 20.0. The number of rotatable bonds is 31. The summed E-state index contributed by atoms with van der Waals surface area (Å²) in [4.78, 5) is 73.9. The number of allylic oxidation sites excluding steroid dienone is 1. The molecule has 0 saturated heterocycles. The standard InChI is InChI=1S/C57H58N2O14S/c1-5-52(60)69-38-47(71-54(62)7-3)18-11-13-33-66-45-27-23-42(24-28-45)56(64)68-35-32-40-22-31-49(44(36-40)37-58-59-51-21-15-17-41-16-9-10-20-50(41)74-51)73-57(65)43-25-29-46(30-26-43)67-34-14-12-19-48(72-55(63)8-4)39-70-53(61)6-2/h5-10,15-16,20,22-31,36-37,47-48,59H,1-4,11-14,17-19,32-35,38-39H2/b58-37+. The Morgan fingerprint density at radius 1 is 0.635 bits per heavy atom. The number of fused-ring (bicyclic) bond motifs is 1. The zero-order valence-corrected chi connectivity index (χ0v) is 41.7. The van der Waals surface area contributed by atoms with Crippen LogP contribution in [0.3, 0.4) is 0 Å². The summed E-state index contributed by atoms with van der Waals surface area (Å²) in [6.07, 6.45) is 10.7. The highest BCUT2D eigenvalue weighted by Gasteiger charge is 2.18. The van der Waals surface area contributed by atoms with E-state index in [0.717, 1.165) is 41.2 Å². The average Bonchev–Trinajstić information content (AvgIpc) is 3.63. The number of hydrogen-bond acceptors (Lipinski definition) is 17. The minimum atomic E-state index is -0.646. The highest BCUT2D eigenvalue weighted by atomic mass is 32.2. The number of thioether (sulfide) groups is 1. The lowest BCUT2D eigenvalue weighted by Gasteiger charge is -2.16. The third-order valence-corrected chi connectivity index (χ3v) is 11.7. The third-order valence-electron chi connectivity index (χ3n) is 10.6. The molecule has 17 heteroatoms. The highest BCUT2D eigenvalue weighted by molar-refractivity contribution is 8.03. The molecule has 0 radical (unpaired) electrons. The van der Waals surface area contributed by atoms with Crippen molar-refractivity contribution in [3.05, 3.63) is 186 Å². The second-order valence-electron chi connectivity index (χ2n) is 16.0. The Bertz CT molecular complexity index is 2710. The fraction of sp³-hybridized carbons (Fsp3) is 0.263. The Hall–Kier alpha value is -8.40. The molecular weight excluding hydrogens is 969 g/mol. The number of hydrazone groups is 1. The van der Waals surface area contributed by atoms with Crippen molar-refractivity contribution in [3.8, 4) is 17.2 Å². The topological polar surface area (TPSA) is 201 Å². The quantitative estimate of drug-likeness (QED) is 0.00730. The molecule has 0 spiro atoms. The van der Waals surface area contributed by atoms with Crippen molar-refractivity contribution in [3.63, 3.8) is 0 Å². The van der Waals surface area contributed by atoms with E-state index < -0.39 is 48.0 Å². The number of carbonyl (C=O) groups is 6. The maximum absolute atomic E-state index is 13.5.